The van der Waals surface area contributed by atoms with Crippen LogP contribution < -0.4 is 15.5 Å². The van der Waals surface area contributed by atoms with Gasteiger partial charge in [-0.05, 0) is 49.9 Å². The number of rotatable bonds is 5. The highest BCUT2D eigenvalue weighted by Gasteiger charge is 2.28. The Morgan fingerprint density at radius 1 is 1.30 bits per heavy atom. The number of hydrogen-bond donors (Lipinski definition) is 2. The van der Waals surface area contributed by atoms with Crippen molar-refractivity contribution >= 4 is 61.4 Å². The second-order valence-corrected chi connectivity index (χ2v) is 10.2. The second-order valence-electron chi connectivity index (χ2n) is 7.04. The highest BCUT2D eigenvalue weighted by atomic mass is 127. The van der Waals surface area contributed by atoms with Gasteiger partial charge < -0.3 is 15.5 Å². The first kappa shape index (κ1) is 22.7. The molecule has 0 spiro atoms. The SMILES string of the molecule is CCNC(=NCC1CCN(c2ccc(Br)cc2)C1)NC1CCS(=O)(=O)C1.I. The van der Waals surface area contributed by atoms with Crippen LogP contribution in [0.1, 0.15) is 19.8 Å². The standard InChI is InChI=1S/C18H27BrN4O2S.HI/c1-2-20-18(22-16-8-10-26(24,25)13-16)21-11-14-7-9-23(12-14)17-5-3-15(19)4-6-17;/h3-6,14,16H,2,7-13H2,1H3,(H2,20,21,22);1H. The van der Waals surface area contributed by atoms with Crippen LogP contribution in [0.2, 0.25) is 0 Å². The van der Waals surface area contributed by atoms with Crippen LogP contribution in [0.3, 0.4) is 0 Å². The van der Waals surface area contributed by atoms with Crippen LogP contribution in [0.25, 0.3) is 0 Å². The van der Waals surface area contributed by atoms with E-state index in [2.05, 4.69) is 55.7 Å². The molecule has 27 heavy (non-hydrogen) atoms. The highest BCUT2D eigenvalue weighted by molar-refractivity contribution is 14.0. The van der Waals surface area contributed by atoms with E-state index in [0.29, 0.717) is 12.3 Å². The fourth-order valence-electron chi connectivity index (χ4n) is 3.51. The molecular weight excluding hydrogens is 543 g/mol. The lowest BCUT2D eigenvalue weighted by atomic mass is 10.1. The first-order chi connectivity index (χ1) is 12.4. The summed E-state index contributed by atoms with van der Waals surface area (Å²) in [5.41, 5.74) is 1.25. The average molecular weight is 571 g/mol. The minimum atomic E-state index is -2.88. The minimum Gasteiger partial charge on any atom is -0.371 e. The Hall–Kier alpha value is -0.550. The zero-order chi connectivity index (χ0) is 18.6. The Balaban J connectivity index is 0.00000261. The number of benzene rings is 1. The zero-order valence-corrected chi connectivity index (χ0v) is 20.3. The molecule has 1 aromatic rings. The van der Waals surface area contributed by atoms with Crippen LogP contribution in [-0.4, -0.2) is 58.1 Å². The van der Waals surface area contributed by atoms with E-state index in [4.69, 9.17) is 4.99 Å². The number of aliphatic imine (C=N–C) groups is 1. The molecule has 0 saturated carbocycles. The van der Waals surface area contributed by atoms with Crippen molar-refractivity contribution < 1.29 is 8.42 Å². The van der Waals surface area contributed by atoms with E-state index >= 15 is 0 Å². The first-order valence-electron chi connectivity index (χ1n) is 9.21. The summed E-state index contributed by atoms with van der Waals surface area (Å²) in [5, 5.41) is 6.52. The summed E-state index contributed by atoms with van der Waals surface area (Å²) in [4.78, 5) is 7.11. The van der Waals surface area contributed by atoms with Gasteiger partial charge >= 0.3 is 0 Å². The number of nitrogens with zero attached hydrogens (tertiary/aromatic N) is 2. The number of anilines is 1. The van der Waals surface area contributed by atoms with Gasteiger partial charge in [-0.1, -0.05) is 15.9 Å². The number of hydrogen-bond acceptors (Lipinski definition) is 4. The monoisotopic (exact) mass is 570 g/mol. The predicted octanol–water partition coefficient (Wildman–Crippen LogP) is 2.64. The van der Waals surface area contributed by atoms with E-state index < -0.39 is 9.84 Å². The van der Waals surface area contributed by atoms with Crippen LogP contribution in [0.15, 0.2) is 33.7 Å². The fourth-order valence-corrected chi connectivity index (χ4v) is 5.45. The van der Waals surface area contributed by atoms with Crippen molar-refractivity contribution in [3.05, 3.63) is 28.7 Å². The summed E-state index contributed by atoms with van der Waals surface area (Å²) in [5.74, 6) is 1.73. The molecule has 2 saturated heterocycles. The van der Waals surface area contributed by atoms with Gasteiger partial charge in [-0.3, -0.25) is 4.99 Å². The average Bonchev–Trinajstić information content (AvgIpc) is 3.20. The lowest BCUT2D eigenvalue weighted by Crippen LogP contribution is -2.44. The van der Waals surface area contributed by atoms with E-state index in [1.54, 1.807) is 0 Å². The first-order valence-corrected chi connectivity index (χ1v) is 11.8. The van der Waals surface area contributed by atoms with Crippen molar-refractivity contribution in [2.24, 2.45) is 10.9 Å². The van der Waals surface area contributed by atoms with Gasteiger partial charge in [0.2, 0.25) is 0 Å². The third-order valence-electron chi connectivity index (χ3n) is 4.90. The van der Waals surface area contributed by atoms with Crippen molar-refractivity contribution in [2.45, 2.75) is 25.8 Å². The largest absolute Gasteiger partial charge is 0.371 e. The molecule has 9 heteroatoms. The molecule has 2 aliphatic rings. The molecule has 2 fully saturated rings. The molecule has 0 bridgehead atoms. The van der Waals surface area contributed by atoms with Gasteiger partial charge in [-0.25, -0.2) is 8.42 Å². The molecule has 0 aromatic heterocycles. The van der Waals surface area contributed by atoms with Gasteiger partial charge in [0.25, 0.3) is 0 Å². The lowest BCUT2D eigenvalue weighted by Gasteiger charge is -2.19. The molecular formula is C18H28BrIN4O2S. The normalized spacial score (nSPS) is 24.5. The van der Waals surface area contributed by atoms with Crippen molar-refractivity contribution in [1.82, 2.24) is 10.6 Å². The van der Waals surface area contributed by atoms with Gasteiger partial charge in [-0.15, -0.1) is 24.0 Å². The molecule has 2 heterocycles. The Labute approximate surface area is 187 Å². The van der Waals surface area contributed by atoms with Crippen molar-refractivity contribution in [1.29, 1.82) is 0 Å². The number of halogens is 2. The van der Waals surface area contributed by atoms with Gasteiger partial charge in [0.15, 0.2) is 15.8 Å². The third-order valence-corrected chi connectivity index (χ3v) is 7.20. The molecule has 6 nitrogen and oxygen atoms in total. The van der Waals surface area contributed by atoms with Gasteiger partial charge in [0.1, 0.15) is 0 Å². The Bertz CT molecular complexity index is 742. The fraction of sp³-hybridized carbons (Fsp3) is 0.611. The number of sulfone groups is 1. The second kappa shape index (κ2) is 10.3. The van der Waals surface area contributed by atoms with Crippen LogP contribution in [0, 0.1) is 5.92 Å². The summed E-state index contributed by atoms with van der Waals surface area (Å²) in [6.07, 6.45) is 1.78. The molecule has 2 atom stereocenters. The summed E-state index contributed by atoms with van der Waals surface area (Å²) >= 11 is 3.48. The van der Waals surface area contributed by atoms with Crippen molar-refractivity contribution in [2.75, 3.05) is 42.6 Å². The van der Waals surface area contributed by atoms with Gasteiger partial charge in [-0.2, -0.15) is 0 Å². The van der Waals surface area contributed by atoms with E-state index in [9.17, 15) is 8.42 Å². The predicted molar refractivity (Wildman–Crippen MR) is 126 cm³/mol. The summed E-state index contributed by atoms with van der Waals surface area (Å²) in [6, 6.07) is 8.40. The molecule has 2 unspecified atom stereocenters. The molecule has 0 aliphatic carbocycles. The Kier molecular flexibility index (Phi) is 8.67. The van der Waals surface area contributed by atoms with Crippen LogP contribution >= 0.6 is 39.9 Å². The third kappa shape index (κ3) is 6.77. The quantitative estimate of drug-likeness (QED) is 0.323. The Morgan fingerprint density at radius 3 is 2.67 bits per heavy atom. The highest BCUT2D eigenvalue weighted by Crippen LogP contribution is 2.25. The molecule has 0 radical (unpaired) electrons. The summed E-state index contributed by atoms with van der Waals surface area (Å²) in [7, 11) is -2.88. The maximum atomic E-state index is 11.6. The summed E-state index contributed by atoms with van der Waals surface area (Å²) < 4.78 is 24.4. The van der Waals surface area contributed by atoms with E-state index in [0.717, 1.165) is 43.0 Å². The van der Waals surface area contributed by atoms with Crippen molar-refractivity contribution in [3.8, 4) is 0 Å². The maximum absolute atomic E-state index is 11.6. The molecule has 152 valence electrons. The van der Waals surface area contributed by atoms with Crippen LogP contribution in [0.5, 0.6) is 0 Å². The van der Waals surface area contributed by atoms with Gasteiger partial charge in [0.05, 0.1) is 11.5 Å². The van der Waals surface area contributed by atoms with Crippen LogP contribution in [0.4, 0.5) is 5.69 Å². The molecule has 3 rings (SSSR count). The molecule has 1 aromatic carbocycles. The van der Waals surface area contributed by atoms with Gasteiger partial charge in [0, 0.05) is 42.4 Å². The number of guanidine groups is 1. The maximum Gasteiger partial charge on any atom is 0.191 e. The number of nitrogens with one attached hydrogen (secondary N) is 2. The smallest absolute Gasteiger partial charge is 0.191 e. The molecule has 2 aliphatic heterocycles. The van der Waals surface area contributed by atoms with Crippen LogP contribution in [-0.2, 0) is 9.84 Å². The summed E-state index contributed by atoms with van der Waals surface area (Å²) in [6.45, 7) is 5.59. The Morgan fingerprint density at radius 2 is 2.04 bits per heavy atom. The molecule has 0 amide bonds. The zero-order valence-electron chi connectivity index (χ0n) is 15.5. The van der Waals surface area contributed by atoms with Crippen molar-refractivity contribution in [3.63, 3.8) is 0 Å². The lowest BCUT2D eigenvalue weighted by molar-refractivity contribution is 0.590. The van der Waals surface area contributed by atoms with E-state index in [-0.39, 0.29) is 41.5 Å². The molecule has 2 N–H and O–H groups in total. The van der Waals surface area contributed by atoms with E-state index in [1.165, 1.54) is 5.69 Å². The minimum absolute atomic E-state index is 0. The van der Waals surface area contributed by atoms with E-state index in [1.807, 2.05) is 6.92 Å². The topological polar surface area (TPSA) is 73.8 Å².